The molecule has 0 fully saturated rings. The van der Waals surface area contributed by atoms with E-state index in [-0.39, 0.29) is 0 Å². The average molecular weight is 209 g/mol. The van der Waals surface area contributed by atoms with E-state index < -0.39 is 15.7 Å². The Hall–Kier alpha value is 0.367. The highest BCUT2D eigenvalue weighted by atomic mass is 31.2. The van der Waals surface area contributed by atoms with Crippen LogP contribution in [0.2, 0.25) is 19.6 Å². The smallest absolute Gasteiger partial charge is 0.187 e. The first-order chi connectivity index (χ1) is 5.28. The predicted octanol–water partition coefficient (Wildman–Crippen LogP) is 2.90. The molecule has 0 saturated heterocycles. The summed E-state index contributed by atoms with van der Waals surface area (Å²) in [7, 11) is -1.60. The lowest BCUT2D eigenvalue weighted by Gasteiger charge is -2.43. The Morgan fingerprint density at radius 3 is 1.58 bits per heavy atom. The summed E-state index contributed by atoms with van der Waals surface area (Å²) >= 11 is 0. The van der Waals surface area contributed by atoms with Gasteiger partial charge in [-0.05, 0) is 0 Å². The van der Waals surface area contributed by atoms with Crippen LogP contribution in [0.5, 0.6) is 0 Å². The molecule has 0 saturated carbocycles. The highest BCUT2D eigenvalue weighted by Crippen LogP contribution is 2.59. The van der Waals surface area contributed by atoms with Crippen LogP contribution in [0.25, 0.3) is 0 Å². The Labute approximate surface area is 76.0 Å². The van der Waals surface area contributed by atoms with Crippen LogP contribution in [-0.4, -0.2) is 22.3 Å². The molecule has 0 unspecified atom stereocenters. The van der Waals surface area contributed by atoms with E-state index >= 15 is 0 Å². The quantitative estimate of drug-likeness (QED) is 0.405. The molecule has 0 aromatic rings. The average Bonchev–Trinajstić information content (AvgIpc) is 2.00. The summed E-state index contributed by atoms with van der Waals surface area (Å²) in [4.78, 5) is 0. The molecule has 0 aromatic carbocycles. The molecule has 0 spiro atoms. The van der Waals surface area contributed by atoms with Crippen molar-refractivity contribution in [1.82, 2.24) is 0 Å². The Morgan fingerprint density at radius 1 is 1.17 bits per heavy atom. The second-order valence-corrected chi connectivity index (χ2v) is 11.8. The Kier molecular flexibility index (Phi) is 4.17. The van der Waals surface area contributed by atoms with Gasteiger partial charge in [0.15, 0.2) is 7.60 Å². The van der Waals surface area contributed by atoms with Gasteiger partial charge in [0.25, 0.3) is 0 Å². The van der Waals surface area contributed by atoms with Crippen molar-refractivity contribution >= 4 is 15.7 Å². The van der Waals surface area contributed by atoms with Crippen LogP contribution in [0, 0.1) is 5.28 Å². The third-order valence-electron chi connectivity index (χ3n) is 1.98. The molecule has 12 heavy (non-hydrogen) atoms. The van der Waals surface area contributed by atoms with Crippen LogP contribution in [-0.2, 0) is 13.6 Å². The molecular weight excluding hydrogens is 191 g/mol. The van der Waals surface area contributed by atoms with Crippen LogP contribution >= 0.6 is 7.60 Å². The second kappa shape index (κ2) is 4.05. The van der Waals surface area contributed by atoms with E-state index in [2.05, 4.69) is 19.6 Å². The molecule has 0 N–H and O–H groups in total. The maximum atomic E-state index is 11.9. The largest absolute Gasteiger partial charge is 0.334 e. The summed E-state index contributed by atoms with van der Waals surface area (Å²) in [5.74, 6) is 0. The molecule has 0 aromatic heterocycles. The third kappa shape index (κ3) is 2.70. The standard InChI is InChI=1S/C7H18O3PSi/c1-7(12(4,5)6)11(8,9-2)10-3/h1-6H3/q-1. The molecule has 0 amide bonds. The molecule has 0 bridgehead atoms. The lowest BCUT2D eigenvalue weighted by atomic mass is 10.9. The Balaban J connectivity index is 4.66. The van der Waals surface area contributed by atoms with Crippen molar-refractivity contribution in [3.63, 3.8) is 0 Å². The summed E-state index contributed by atoms with van der Waals surface area (Å²) < 4.78 is 21.7. The molecule has 0 heterocycles. The fourth-order valence-corrected chi connectivity index (χ4v) is 5.29. The minimum Gasteiger partial charge on any atom is -0.334 e. The minimum atomic E-state index is -2.92. The van der Waals surface area contributed by atoms with E-state index in [0.29, 0.717) is 0 Å². The first kappa shape index (κ1) is 12.4. The summed E-state index contributed by atoms with van der Waals surface area (Å²) in [5, 5.41) is 0.889. The maximum Gasteiger partial charge on any atom is 0.187 e. The normalized spacial score (nSPS) is 13.9. The number of hydrogen-bond donors (Lipinski definition) is 0. The molecule has 5 heteroatoms. The van der Waals surface area contributed by atoms with Crippen LogP contribution in [0.15, 0.2) is 0 Å². The lowest BCUT2D eigenvalue weighted by molar-refractivity contribution is 0.280. The molecule has 0 aliphatic rings. The van der Waals surface area contributed by atoms with Gasteiger partial charge in [0.1, 0.15) is 0 Å². The zero-order valence-electron chi connectivity index (χ0n) is 8.67. The van der Waals surface area contributed by atoms with E-state index in [0.717, 1.165) is 5.28 Å². The van der Waals surface area contributed by atoms with Gasteiger partial charge in [0, 0.05) is 14.2 Å². The van der Waals surface area contributed by atoms with Gasteiger partial charge in [-0.3, -0.25) is 4.57 Å². The molecule has 0 atom stereocenters. The molecule has 0 radical (unpaired) electrons. The van der Waals surface area contributed by atoms with Gasteiger partial charge in [-0.25, -0.2) is 0 Å². The predicted molar refractivity (Wildman–Crippen MR) is 53.9 cm³/mol. The SMILES string of the molecule is COP(=O)(OC)[C-](C)[Si](C)(C)C. The zero-order valence-corrected chi connectivity index (χ0v) is 10.6. The van der Waals surface area contributed by atoms with Gasteiger partial charge in [-0.2, -0.15) is 12.2 Å². The summed E-state index contributed by atoms with van der Waals surface area (Å²) in [5.41, 5.74) is 0. The first-order valence-corrected chi connectivity index (χ1v) is 8.88. The Bertz CT molecular complexity index is 180. The molecule has 0 rings (SSSR count). The van der Waals surface area contributed by atoms with Crippen molar-refractivity contribution in [1.29, 1.82) is 0 Å². The van der Waals surface area contributed by atoms with Crippen molar-refractivity contribution in [2.75, 3.05) is 14.2 Å². The van der Waals surface area contributed by atoms with Crippen LogP contribution < -0.4 is 0 Å². The fraction of sp³-hybridized carbons (Fsp3) is 0.857. The van der Waals surface area contributed by atoms with E-state index in [4.69, 9.17) is 9.05 Å². The van der Waals surface area contributed by atoms with Gasteiger partial charge >= 0.3 is 0 Å². The third-order valence-corrected chi connectivity index (χ3v) is 8.76. The molecule has 74 valence electrons. The van der Waals surface area contributed by atoms with Crippen molar-refractivity contribution in [3.05, 3.63) is 5.28 Å². The summed E-state index contributed by atoms with van der Waals surface area (Å²) in [6, 6.07) is 0. The molecule has 3 nitrogen and oxygen atoms in total. The van der Waals surface area contributed by atoms with Crippen LogP contribution in [0.4, 0.5) is 0 Å². The molecular formula is C7H18O3PSi-. The number of rotatable bonds is 4. The second-order valence-electron chi connectivity index (χ2n) is 3.70. The van der Waals surface area contributed by atoms with Crippen molar-refractivity contribution < 1.29 is 13.6 Å². The van der Waals surface area contributed by atoms with Gasteiger partial charge in [0.05, 0.1) is 0 Å². The van der Waals surface area contributed by atoms with E-state index in [1.165, 1.54) is 14.2 Å². The van der Waals surface area contributed by atoms with Crippen LogP contribution in [0.3, 0.4) is 0 Å². The number of hydrogen-bond acceptors (Lipinski definition) is 3. The van der Waals surface area contributed by atoms with E-state index in [1.807, 2.05) is 6.92 Å². The topological polar surface area (TPSA) is 35.5 Å². The van der Waals surface area contributed by atoms with Gasteiger partial charge < -0.3 is 9.05 Å². The first-order valence-electron chi connectivity index (χ1n) is 3.84. The zero-order chi connectivity index (χ0) is 9.99. The highest BCUT2D eigenvalue weighted by molar-refractivity contribution is 7.61. The molecule has 0 aliphatic heterocycles. The van der Waals surface area contributed by atoms with Gasteiger partial charge in [0.2, 0.25) is 0 Å². The van der Waals surface area contributed by atoms with Gasteiger partial charge in [-0.15, -0.1) is 0 Å². The van der Waals surface area contributed by atoms with E-state index in [9.17, 15) is 4.57 Å². The van der Waals surface area contributed by atoms with Crippen LogP contribution in [0.1, 0.15) is 6.92 Å². The molecule has 0 aliphatic carbocycles. The van der Waals surface area contributed by atoms with Crippen molar-refractivity contribution in [2.45, 2.75) is 26.6 Å². The Morgan fingerprint density at radius 2 is 1.50 bits per heavy atom. The van der Waals surface area contributed by atoms with E-state index in [1.54, 1.807) is 0 Å². The van der Waals surface area contributed by atoms with Crippen molar-refractivity contribution in [3.8, 4) is 0 Å². The minimum absolute atomic E-state index is 0.889. The monoisotopic (exact) mass is 209 g/mol. The lowest BCUT2D eigenvalue weighted by Crippen LogP contribution is -2.29. The summed E-state index contributed by atoms with van der Waals surface area (Å²) in [6.45, 7) is 8.22. The maximum absolute atomic E-state index is 11.9. The summed E-state index contributed by atoms with van der Waals surface area (Å²) in [6.07, 6.45) is 0. The fourth-order valence-electron chi connectivity index (χ4n) is 0.759. The van der Waals surface area contributed by atoms with Crippen molar-refractivity contribution in [2.24, 2.45) is 0 Å². The highest BCUT2D eigenvalue weighted by Gasteiger charge is 2.25. The van der Waals surface area contributed by atoms with Gasteiger partial charge in [-0.1, -0.05) is 27.7 Å².